The van der Waals surface area contributed by atoms with Crippen molar-refractivity contribution < 1.29 is 0 Å². The lowest BCUT2D eigenvalue weighted by Crippen LogP contribution is -2.15. The predicted molar refractivity (Wildman–Crippen MR) is 192 cm³/mol. The van der Waals surface area contributed by atoms with Gasteiger partial charge >= 0.3 is 0 Å². The molecule has 0 saturated heterocycles. The lowest BCUT2D eigenvalue weighted by Gasteiger charge is -2.31. The molecule has 1 heterocycles. The van der Waals surface area contributed by atoms with Crippen LogP contribution in [0.15, 0.2) is 180 Å². The van der Waals surface area contributed by atoms with Gasteiger partial charge in [0.2, 0.25) is 0 Å². The van der Waals surface area contributed by atoms with Crippen molar-refractivity contribution in [2.45, 2.75) is 12.3 Å². The summed E-state index contributed by atoms with van der Waals surface area (Å²) in [5.74, 6) is 0.271. The third-order valence-corrected chi connectivity index (χ3v) is 8.95. The lowest BCUT2D eigenvalue weighted by atomic mass is 9.73. The second kappa shape index (κ2) is 12.3. The Labute approximate surface area is 270 Å². The Morgan fingerprint density at radius 2 is 0.848 bits per heavy atom. The smallest absolute Gasteiger partial charge is 0.102 e. The van der Waals surface area contributed by atoms with Gasteiger partial charge in [-0.1, -0.05) is 164 Å². The van der Waals surface area contributed by atoms with E-state index in [1.807, 2.05) is 36.4 Å². The van der Waals surface area contributed by atoms with Gasteiger partial charge in [-0.3, -0.25) is 0 Å². The summed E-state index contributed by atoms with van der Waals surface area (Å²) in [6, 6.07) is 58.1. The molecule has 0 aromatic heterocycles. The van der Waals surface area contributed by atoms with Gasteiger partial charge in [0.25, 0.3) is 0 Å². The lowest BCUT2D eigenvalue weighted by molar-refractivity contribution is 0.791. The summed E-state index contributed by atoms with van der Waals surface area (Å²) in [7, 11) is 0. The Hall–Kier alpha value is -5.86. The van der Waals surface area contributed by atoms with Gasteiger partial charge in [-0.2, -0.15) is 0 Å². The quantitative estimate of drug-likeness (QED) is 0.185. The summed E-state index contributed by atoms with van der Waals surface area (Å²) < 4.78 is 0. The summed E-state index contributed by atoms with van der Waals surface area (Å²) >= 11 is 0. The highest BCUT2D eigenvalue weighted by atomic mass is 15.2. The number of fused-ring (bicyclic) bond motifs is 2. The third-order valence-electron chi connectivity index (χ3n) is 8.95. The van der Waals surface area contributed by atoms with Crippen LogP contribution in [0.3, 0.4) is 0 Å². The molecule has 1 aliphatic carbocycles. The Balaban J connectivity index is 1.13. The topological polar surface area (TPSA) is 24.7 Å². The maximum absolute atomic E-state index is 4.64. The molecule has 2 aliphatic rings. The molecule has 2 nitrogen and oxygen atoms in total. The minimum atomic E-state index is 0.271. The molecule has 0 N–H and O–H groups in total. The van der Waals surface area contributed by atoms with E-state index in [1.54, 1.807) is 0 Å². The van der Waals surface area contributed by atoms with E-state index in [4.69, 9.17) is 0 Å². The Morgan fingerprint density at radius 3 is 1.39 bits per heavy atom. The van der Waals surface area contributed by atoms with E-state index in [2.05, 4.69) is 150 Å². The summed E-state index contributed by atoms with van der Waals surface area (Å²) in [6.07, 6.45) is 5.48. The van der Waals surface area contributed by atoms with Crippen molar-refractivity contribution in [2.75, 3.05) is 0 Å². The molecular weight excluding hydrogens is 556 g/mol. The van der Waals surface area contributed by atoms with Crippen LogP contribution in [0.25, 0.3) is 17.7 Å². The minimum absolute atomic E-state index is 0.271. The molecule has 8 rings (SSSR count). The molecule has 46 heavy (non-hydrogen) atoms. The van der Waals surface area contributed by atoms with Crippen LogP contribution in [0.2, 0.25) is 0 Å². The van der Waals surface area contributed by atoms with Crippen molar-refractivity contribution in [3.05, 3.63) is 219 Å². The monoisotopic (exact) mass is 588 g/mol. The summed E-state index contributed by atoms with van der Waals surface area (Å²) in [5.41, 5.74) is 15.3. The first kappa shape index (κ1) is 27.7. The zero-order chi connectivity index (χ0) is 30.7. The maximum atomic E-state index is 4.64. The Kier molecular flexibility index (Phi) is 7.38. The van der Waals surface area contributed by atoms with Gasteiger partial charge in [0.15, 0.2) is 0 Å². The van der Waals surface area contributed by atoms with Crippen LogP contribution in [-0.2, 0) is 6.42 Å². The fourth-order valence-corrected chi connectivity index (χ4v) is 6.72. The fourth-order valence-electron chi connectivity index (χ4n) is 6.72. The summed E-state index contributed by atoms with van der Waals surface area (Å²) in [4.78, 5) is 0. The Morgan fingerprint density at radius 1 is 0.413 bits per heavy atom. The molecule has 0 atom stereocenters. The van der Waals surface area contributed by atoms with E-state index < -0.39 is 0 Å². The fraction of sp³-hybridized carbons (Fsp3) is 0.0455. The number of nitrogens with zero attached hydrogens (tertiary/aromatic N) is 2. The minimum Gasteiger partial charge on any atom is -0.149 e. The van der Waals surface area contributed by atoms with E-state index in [0.717, 1.165) is 40.1 Å². The van der Waals surface area contributed by atoms with E-state index in [1.165, 1.54) is 39.0 Å². The van der Waals surface area contributed by atoms with Gasteiger partial charge in [0, 0.05) is 22.6 Å². The van der Waals surface area contributed by atoms with Crippen LogP contribution in [0.4, 0.5) is 0 Å². The number of benzene rings is 6. The molecule has 2 heteroatoms. The highest BCUT2D eigenvalue weighted by Crippen LogP contribution is 2.45. The highest BCUT2D eigenvalue weighted by Gasteiger charge is 2.28. The summed E-state index contributed by atoms with van der Waals surface area (Å²) in [6.45, 7) is 0. The highest BCUT2D eigenvalue weighted by molar-refractivity contribution is 6.38. The average Bonchev–Trinajstić information content (AvgIpc) is 3.55. The molecule has 6 aromatic carbocycles. The molecule has 1 aliphatic heterocycles. The van der Waals surface area contributed by atoms with Crippen LogP contribution in [-0.4, -0.2) is 11.4 Å². The largest absolute Gasteiger partial charge is 0.149 e. The Bertz CT molecular complexity index is 2030. The molecule has 0 unspecified atom stereocenters. The van der Waals surface area contributed by atoms with Gasteiger partial charge in [-0.25, -0.2) is 0 Å². The van der Waals surface area contributed by atoms with Crippen LogP contribution in [0.1, 0.15) is 56.0 Å². The van der Waals surface area contributed by atoms with E-state index in [0.29, 0.717) is 0 Å². The molecule has 0 bridgehead atoms. The van der Waals surface area contributed by atoms with Gasteiger partial charge in [0.05, 0.1) is 0 Å². The van der Waals surface area contributed by atoms with Crippen molar-refractivity contribution >= 4 is 29.1 Å². The molecule has 0 radical (unpaired) electrons. The van der Waals surface area contributed by atoms with Crippen LogP contribution in [0, 0.1) is 0 Å². The van der Waals surface area contributed by atoms with E-state index in [9.17, 15) is 0 Å². The normalized spacial score (nSPS) is 15.0. The average molecular weight is 589 g/mol. The van der Waals surface area contributed by atoms with Crippen molar-refractivity contribution in [2.24, 2.45) is 10.2 Å². The predicted octanol–water partition coefficient (Wildman–Crippen LogP) is 10.3. The maximum Gasteiger partial charge on any atom is 0.102 e. The number of rotatable bonds is 6. The van der Waals surface area contributed by atoms with Crippen LogP contribution >= 0.6 is 0 Å². The number of hydrogen-bond acceptors (Lipinski definition) is 2. The molecule has 0 saturated carbocycles. The molecule has 218 valence electrons. The van der Waals surface area contributed by atoms with Crippen molar-refractivity contribution in [1.29, 1.82) is 0 Å². The van der Waals surface area contributed by atoms with Gasteiger partial charge < -0.3 is 0 Å². The first-order valence-corrected chi connectivity index (χ1v) is 15.8. The van der Waals surface area contributed by atoms with Crippen LogP contribution in [0.5, 0.6) is 0 Å². The number of hydrogen-bond donors (Lipinski definition) is 0. The van der Waals surface area contributed by atoms with E-state index >= 15 is 0 Å². The standard InChI is InChI=1S/C44H32N2/c1-4-14-31(15-5-1)28-40-36-20-10-12-22-38(36)41(39-23-13-11-21-37(39)40)29-32-24-26-33(27-25-32)30-42-43(34-16-6-2-7-17-34)45-46-44(42)35-18-8-3-9-19-35/h1-28,30,41H,29H2. The van der Waals surface area contributed by atoms with Gasteiger partial charge in [-0.15, -0.1) is 10.2 Å². The molecule has 0 spiro atoms. The molecule has 6 aromatic rings. The number of allylic oxidation sites excluding steroid dienone is 1. The van der Waals surface area contributed by atoms with Crippen LogP contribution < -0.4 is 0 Å². The molecule has 0 amide bonds. The first-order chi connectivity index (χ1) is 22.8. The van der Waals surface area contributed by atoms with Gasteiger partial charge in [-0.05, 0) is 63.1 Å². The second-order valence-corrected chi connectivity index (χ2v) is 11.8. The summed E-state index contributed by atoms with van der Waals surface area (Å²) in [5, 5.41) is 9.29. The van der Waals surface area contributed by atoms with Crippen molar-refractivity contribution in [3.63, 3.8) is 0 Å². The second-order valence-electron chi connectivity index (χ2n) is 11.8. The third kappa shape index (κ3) is 5.35. The zero-order valence-corrected chi connectivity index (χ0v) is 25.4. The van der Waals surface area contributed by atoms with Crippen molar-refractivity contribution in [1.82, 2.24) is 0 Å². The van der Waals surface area contributed by atoms with E-state index in [-0.39, 0.29) is 5.92 Å². The zero-order valence-electron chi connectivity index (χ0n) is 25.4. The molecular formula is C44H32N2. The van der Waals surface area contributed by atoms with Crippen molar-refractivity contribution in [3.8, 4) is 0 Å². The first-order valence-electron chi connectivity index (χ1n) is 15.8. The SMILES string of the molecule is C(=C1C(c2ccccc2)=NN=C1c1ccccc1)c1ccc(CC2c3ccccc3C(=Cc3ccccc3)c3ccccc32)cc1. The molecule has 0 fully saturated rings. The van der Waals surface area contributed by atoms with Gasteiger partial charge in [0.1, 0.15) is 11.4 Å².